The molecule has 3 rings (SSSR count). The first kappa shape index (κ1) is 21.3. The van der Waals surface area contributed by atoms with Crippen molar-refractivity contribution in [3.8, 4) is 5.82 Å². The summed E-state index contributed by atoms with van der Waals surface area (Å²) in [4.78, 5) is 20.8. The zero-order valence-electron chi connectivity index (χ0n) is 16.4. The van der Waals surface area contributed by atoms with Crippen molar-refractivity contribution in [3.63, 3.8) is 0 Å². The van der Waals surface area contributed by atoms with Gasteiger partial charge < -0.3 is 10.0 Å². The van der Waals surface area contributed by atoms with Crippen molar-refractivity contribution in [2.24, 2.45) is 0 Å². The lowest BCUT2D eigenvalue weighted by molar-refractivity contribution is -0.137. The SMILES string of the molecule is CC(C)c1c(C(=O)N2CCN(CCO)CC2)cnn1-c1ccc(C(F)(F)F)cn1. The van der Waals surface area contributed by atoms with E-state index in [1.165, 1.54) is 16.9 Å². The van der Waals surface area contributed by atoms with Crippen molar-refractivity contribution in [2.75, 3.05) is 39.3 Å². The average Bonchev–Trinajstić information content (AvgIpc) is 3.13. The van der Waals surface area contributed by atoms with Gasteiger partial charge >= 0.3 is 6.18 Å². The summed E-state index contributed by atoms with van der Waals surface area (Å²) in [6.07, 6.45) is -2.24. The topological polar surface area (TPSA) is 74.5 Å². The van der Waals surface area contributed by atoms with Gasteiger partial charge in [0, 0.05) is 38.9 Å². The molecule has 29 heavy (non-hydrogen) atoms. The van der Waals surface area contributed by atoms with E-state index in [0.29, 0.717) is 44.0 Å². The van der Waals surface area contributed by atoms with Crippen LogP contribution in [0.25, 0.3) is 5.82 Å². The summed E-state index contributed by atoms with van der Waals surface area (Å²) in [6, 6.07) is 2.21. The number of aliphatic hydroxyl groups excluding tert-OH is 1. The molecular formula is C19H24F3N5O2. The monoisotopic (exact) mass is 411 g/mol. The maximum absolute atomic E-state index is 13.1. The number of carbonyl (C=O) groups is 1. The van der Waals surface area contributed by atoms with E-state index in [9.17, 15) is 18.0 Å². The first-order chi connectivity index (χ1) is 13.7. The van der Waals surface area contributed by atoms with Crippen LogP contribution in [0.1, 0.15) is 41.4 Å². The molecule has 1 amide bonds. The van der Waals surface area contributed by atoms with E-state index in [4.69, 9.17) is 5.11 Å². The fraction of sp³-hybridized carbons (Fsp3) is 0.526. The number of carbonyl (C=O) groups excluding carboxylic acids is 1. The maximum atomic E-state index is 13.1. The number of amides is 1. The van der Waals surface area contributed by atoms with E-state index in [-0.39, 0.29) is 24.2 Å². The summed E-state index contributed by atoms with van der Waals surface area (Å²) >= 11 is 0. The highest BCUT2D eigenvalue weighted by atomic mass is 19.4. The maximum Gasteiger partial charge on any atom is 0.417 e. The van der Waals surface area contributed by atoms with Gasteiger partial charge in [-0.05, 0) is 18.1 Å². The minimum atomic E-state index is -4.46. The van der Waals surface area contributed by atoms with Gasteiger partial charge in [0.25, 0.3) is 5.91 Å². The van der Waals surface area contributed by atoms with E-state index in [1.807, 2.05) is 13.8 Å². The fourth-order valence-corrected chi connectivity index (χ4v) is 3.43. The summed E-state index contributed by atoms with van der Waals surface area (Å²) in [5, 5.41) is 13.3. The smallest absolute Gasteiger partial charge is 0.395 e. The number of pyridine rings is 1. The number of hydrogen-bond donors (Lipinski definition) is 1. The third-order valence-corrected chi connectivity index (χ3v) is 4.95. The lowest BCUT2D eigenvalue weighted by Gasteiger charge is -2.34. The molecule has 3 heterocycles. The molecule has 158 valence electrons. The number of β-amino-alcohol motifs (C(OH)–C–C–N with tert-alkyl or cyclic N) is 1. The largest absolute Gasteiger partial charge is 0.417 e. The number of halogens is 3. The number of rotatable bonds is 5. The highest BCUT2D eigenvalue weighted by molar-refractivity contribution is 5.95. The molecule has 0 radical (unpaired) electrons. The number of alkyl halides is 3. The molecule has 0 aliphatic carbocycles. The zero-order chi connectivity index (χ0) is 21.2. The minimum Gasteiger partial charge on any atom is -0.395 e. The predicted octanol–water partition coefficient (Wildman–Crippen LogP) is 2.16. The quantitative estimate of drug-likeness (QED) is 0.816. The Morgan fingerprint density at radius 1 is 1.17 bits per heavy atom. The molecule has 0 aromatic carbocycles. The minimum absolute atomic E-state index is 0.0817. The number of hydrogen-bond acceptors (Lipinski definition) is 5. The molecule has 7 nitrogen and oxygen atoms in total. The summed E-state index contributed by atoms with van der Waals surface area (Å²) in [7, 11) is 0. The number of aliphatic hydroxyl groups is 1. The average molecular weight is 411 g/mol. The second kappa shape index (κ2) is 8.50. The van der Waals surface area contributed by atoms with Crippen LogP contribution in [0, 0.1) is 0 Å². The second-order valence-corrected chi connectivity index (χ2v) is 7.27. The number of nitrogens with zero attached hydrogens (tertiary/aromatic N) is 5. The van der Waals surface area contributed by atoms with Gasteiger partial charge in [0.1, 0.15) is 0 Å². The molecule has 10 heteroatoms. The fourth-order valence-electron chi connectivity index (χ4n) is 3.43. The van der Waals surface area contributed by atoms with Crippen molar-refractivity contribution < 1.29 is 23.1 Å². The number of aromatic nitrogens is 3. The predicted molar refractivity (Wildman–Crippen MR) is 99.9 cm³/mol. The summed E-state index contributed by atoms with van der Waals surface area (Å²) in [6.45, 7) is 6.90. The molecule has 1 N–H and O–H groups in total. The van der Waals surface area contributed by atoms with E-state index in [2.05, 4.69) is 15.0 Å². The number of piperazine rings is 1. The normalized spacial score (nSPS) is 15.9. The third-order valence-electron chi connectivity index (χ3n) is 4.95. The highest BCUT2D eigenvalue weighted by Crippen LogP contribution is 2.29. The molecule has 0 spiro atoms. The van der Waals surface area contributed by atoms with Crippen LogP contribution in [-0.4, -0.2) is 74.9 Å². The summed E-state index contributed by atoms with van der Waals surface area (Å²) < 4.78 is 39.8. The molecule has 0 saturated carbocycles. The van der Waals surface area contributed by atoms with Gasteiger partial charge in [-0.2, -0.15) is 18.3 Å². The third kappa shape index (κ3) is 4.59. The van der Waals surface area contributed by atoms with E-state index in [0.717, 1.165) is 12.3 Å². The standard InChI is InChI=1S/C19H24F3N5O2/c1-13(2)17-15(18(29)26-7-5-25(6-8-26)9-10-28)12-24-27(17)16-4-3-14(11-23-16)19(20,21)22/h3-4,11-13,28H,5-10H2,1-2H3. The summed E-state index contributed by atoms with van der Waals surface area (Å²) in [5.74, 6) is -0.0137. The Morgan fingerprint density at radius 3 is 2.38 bits per heavy atom. The Labute approximate surface area is 166 Å². The molecule has 1 aliphatic rings. The molecular weight excluding hydrogens is 387 g/mol. The van der Waals surface area contributed by atoms with E-state index < -0.39 is 11.7 Å². The van der Waals surface area contributed by atoms with Gasteiger partial charge in [-0.3, -0.25) is 9.69 Å². The highest BCUT2D eigenvalue weighted by Gasteiger charge is 2.31. The van der Waals surface area contributed by atoms with Crippen molar-refractivity contribution in [2.45, 2.75) is 25.9 Å². The Kier molecular flexibility index (Phi) is 6.23. The van der Waals surface area contributed by atoms with Crippen molar-refractivity contribution in [1.82, 2.24) is 24.6 Å². The zero-order valence-corrected chi connectivity index (χ0v) is 16.4. The first-order valence-corrected chi connectivity index (χ1v) is 9.46. The van der Waals surface area contributed by atoms with Crippen LogP contribution >= 0.6 is 0 Å². The van der Waals surface area contributed by atoms with E-state index >= 15 is 0 Å². The molecule has 1 fully saturated rings. The van der Waals surface area contributed by atoms with Crippen LogP contribution in [0.4, 0.5) is 13.2 Å². The summed E-state index contributed by atoms with van der Waals surface area (Å²) in [5.41, 5.74) is 0.203. The van der Waals surface area contributed by atoms with Crippen molar-refractivity contribution in [3.05, 3.63) is 41.3 Å². The Morgan fingerprint density at radius 2 is 1.86 bits per heavy atom. The van der Waals surface area contributed by atoms with Gasteiger partial charge in [-0.15, -0.1) is 0 Å². The van der Waals surface area contributed by atoms with Gasteiger partial charge in [0.2, 0.25) is 0 Å². The van der Waals surface area contributed by atoms with Crippen LogP contribution in [0.3, 0.4) is 0 Å². The van der Waals surface area contributed by atoms with Crippen LogP contribution < -0.4 is 0 Å². The molecule has 0 bridgehead atoms. The van der Waals surface area contributed by atoms with Gasteiger partial charge in [-0.1, -0.05) is 13.8 Å². The van der Waals surface area contributed by atoms with Gasteiger partial charge in [0.05, 0.1) is 29.6 Å². The lowest BCUT2D eigenvalue weighted by atomic mass is 10.0. The van der Waals surface area contributed by atoms with Gasteiger partial charge in [0.15, 0.2) is 5.82 Å². The van der Waals surface area contributed by atoms with Crippen molar-refractivity contribution >= 4 is 5.91 Å². The molecule has 0 atom stereocenters. The molecule has 1 aliphatic heterocycles. The van der Waals surface area contributed by atoms with E-state index in [1.54, 1.807) is 4.90 Å². The van der Waals surface area contributed by atoms with Crippen molar-refractivity contribution in [1.29, 1.82) is 0 Å². The first-order valence-electron chi connectivity index (χ1n) is 9.46. The molecule has 1 saturated heterocycles. The van der Waals surface area contributed by atoms with Gasteiger partial charge in [-0.25, -0.2) is 9.67 Å². The Bertz CT molecular complexity index is 841. The Balaban J connectivity index is 1.85. The second-order valence-electron chi connectivity index (χ2n) is 7.27. The lowest BCUT2D eigenvalue weighted by Crippen LogP contribution is -2.49. The van der Waals surface area contributed by atoms with Crippen LogP contribution in [0.5, 0.6) is 0 Å². The van der Waals surface area contributed by atoms with Crippen LogP contribution in [0.15, 0.2) is 24.5 Å². The van der Waals surface area contributed by atoms with Crippen LogP contribution in [-0.2, 0) is 6.18 Å². The van der Waals surface area contributed by atoms with Crippen LogP contribution in [0.2, 0.25) is 0 Å². The molecule has 2 aromatic rings. The molecule has 0 unspecified atom stereocenters. The Hall–Kier alpha value is -2.46. The molecule has 2 aromatic heterocycles.